The summed E-state index contributed by atoms with van der Waals surface area (Å²) in [7, 11) is 0. The van der Waals surface area contributed by atoms with Gasteiger partial charge in [-0.2, -0.15) is 0 Å². The van der Waals surface area contributed by atoms with Crippen LogP contribution in [0.3, 0.4) is 0 Å². The van der Waals surface area contributed by atoms with Crippen molar-refractivity contribution in [3.63, 3.8) is 0 Å². The zero-order chi connectivity index (χ0) is 36.5. The standard InChI is InChI=1S/C42H24F8N2/c43-35-31(18-23-10-14-51-15-11-23)36(44)40(48)33(39(35)47)29-8-2-6-27(21-29)25-4-1-5-26(20-25)28-7-3-9-30(22-28)34-41(49)37(45)32(38(46)42(34)50)19-24-12-16-52-17-13-24/h1-17,20-22H,18-19H2. The average molecular weight is 709 g/mol. The Morgan fingerprint density at radius 2 is 0.596 bits per heavy atom. The molecule has 5 aromatic carbocycles. The number of benzene rings is 5. The Morgan fingerprint density at radius 3 is 0.904 bits per heavy atom. The molecule has 0 spiro atoms. The second kappa shape index (κ2) is 14.2. The van der Waals surface area contributed by atoms with Crippen LogP contribution in [0.5, 0.6) is 0 Å². The zero-order valence-corrected chi connectivity index (χ0v) is 26.9. The maximum Gasteiger partial charge on any atom is 0.170 e. The first-order valence-electron chi connectivity index (χ1n) is 15.9. The molecule has 0 amide bonds. The lowest BCUT2D eigenvalue weighted by atomic mass is 9.93. The fourth-order valence-corrected chi connectivity index (χ4v) is 6.17. The third-order valence-corrected chi connectivity index (χ3v) is 8.80. The van der Waals surface area contributed by atoms with Crippen molar-refractivity contribution in [2.75, 3.05) is 0 Å². The zero-order valence-electron chi connectivity index (χ0n) is 26.9. The van der Waals surface area contributed by atoms with Crippen molar-refractivity contribution in [3.8, 4) is 44.5 Å². The number of aromatic nitrogens is 2. The molecular formula is C42H24F8N2. The Hall–Kier alpha value is -6.16. The lowest BCUT2D eigenvalue weighted by molar-refractivity contribution is 0.446. The van der Waals surface area contributed by atoms with Crippen LogP contribution in [0.1, 0.15) is 22.3 Å². The predicted molar refractivity (Wildman–Crippen MR) is 182 cm³/mol. The van der Waals surface area contributed by atoms with Crippen LogP contribution in [0.15, 0.2) is 122 Å². The van der Waals surface area contributed by atoms with Crippen LogP contribution in [0.2, 0.25) is 0 Å². The fraction of sp³-hybridized carbons (Fsp3) is 0.0476. The Balaban J connectivity index is 1.22. The molecule has 0 radical (unpaired) electrons. The molecule has 0 saturated carbocycles. The van der Waals surface area contributed by atoms with Crippen molar-refractivity contribution in [1.82, 2.24) is 9.97 Å². The number of halogens is 8. The molecule has 0 aliphatic heterocycles. The molecule has 0 fully saturated rings. The van der Waals surface area contributed by atoms with Crippen molar-refractivity contribution in [1.29, 1.82) is 0 Å². The van der Waals surface area contributed by atoms with Crippen LogP contribution >= 0.6 is 0 Å². The first-order chi connectivity index (χ1) is 25.1. The van der Waals surface area contributed by atoms with E-state index in [1.54, 1.807) is 36.4 Å². The highest BCUT2D eigenvalue weighted by Crippen LogP contribution is 2.38. The highest BCUT2D eigenvalue weighted by Gasteiger charge is 2.28. The molecule has 0 unspecified atom stereocenters. The molecule has 2 nitrogen and oxygen atoms in total. The van der Waals surface area contributed by atoms with Gasteiger partial charge in [0.2, 0.25) is 0 Å². The van der Waals surface area contributed by atoms with Gasteiger partial charge in [-0.25, -0.2) is 35.1 Å². The SMILES string of the molecule is Fc1c(F)c(-c2cccc(-c3cccc(-c4cccc(-c5c(F)c(F)c(Cc6ccncc6)c(F)c5F)c4)c3)c2)c(F)c(F)c1Cc1ccncc1. The first kappa shape index (κ1) is 34.3. The summed E-state index contributed by atoms with van der Waals surface area (Å²) < 4.78 is 123. The summed E-state index contributed by atoms with van der Waals surface area (Å²) in [6.07, 6.45) is 4.82. The molecular weight excluding hydrogens is 684 g/mol. The summed E-state index contributed by atoms with van der Waals surface area (Å²) in [6.45, 7) is 0. The van der Waals surface area contributed by atoms with E-state index >= 15 is 35.1 Å². The van der Waals surface area contributed by atoms with Gasteiger partial charge in [-0.05, 0) is 87.0 Å². The molecule has 7 rings (SSSR count). The molecule has 0 bridgehead atoms. The van der Waals surface area contributed by atoms with Gasteiger partial charge in [-0.1, -0.05) is 54.6 Å². The Kier molecular flexibility index (Phi) is 9.38. The third kappa shape index (κ3) is 6.43. The van der Waals surface area contributed by atoms with Crippen LogP contribution in [0.4, 0.5) is 35.1 Å². The van der Waals surface area contributed by atoms with Crippen LogP contribution in [0.25, 0.3) is 44.5 Å². The molecule has 52 heavy (non-hydrogen) atoms. The molecule has 0 N–H and O–H groups in total. The monoisotopic (exact) mass is 708 g/mol. The van der Waals surface area contributed by atoms with Crippen molar-refractivity contribution in [2.45, 2.75) is 12.8 Å². The van der Waals surface area contributed by atoms with Crippen molar-refractivity contribution in [2.24, 2.45) is 0 Å². The third-order valence-electron chi connectivity index (χ3n) is 8.80. The highest BCUT2D eigenvalue weighted by molar-refractivity contribution is 5.79. The van der Waals surface area contributed by atoms with Crippen molar-refractivity contribution >= 4 is 0 Å². The number of nitrogens with zero attached hydrogens (tertiary/aromatic N) is 2. The normalized spacial score (nSPS) is 11.2. The Morgan fingerprint density at radius 1 is 0.327 bits per heavy atom. The number of rotatable bonds is 8. The molecule has 7 aromatic rings. The number of pyridine rings is 2. The van der Waals surface area contributed by atoms with E-state index in [4.69, 9.17) is 0 Å². The maximum atomic E-state index is 15.4. The average Bonchev–Trinajstić information content (AvgIpc) is 3.18. The molecule has 0 aliphatic carbocycles. The van der Waals surface area contributed by atoms with Gasteiger partial charge in [0.25, 0.3) is 0 Å². The maximum absolute atomic E-state index is 15.4. The van der Waals surface area contributed by atoms with E-state index in [1.165, 1.54) is 85.5 Å². The number of hydrogen-bond acceptors (Lipinski definition) is 2. The van der Waals surface area contributed by atoms with Crippen molar-refractivity contribution in [3.05, 3.63) is 191 Å². The van der Waals surface area contributed by atoms with E-state index in [2.05, 4.69) is 9.97 Å². The predicted octanol–water partition coefficient (Wildman–Crippen LogP) is 11.4. The molecule has 258 valence electrons. The molecule has 0 atom stereocenters. The second-order valence-corrected chi connectivity index (χ2v) is 12.0. The van der Waals surface area contributed by atoms with Gasteiger partial charge in [0.1, 0.15) is 0 Å². The van der Waals surface area contributed by atoms with Gasteiger partial charge in [-0.3, -0.25) is 9.97 Å². The summed E-state index contributed by atoms with van der Waals surface area (Å²) in [5.74, 6) is -12.2. The molecule has 10 heteroatoms. The summed E-state index contributed by atoms with van der Waals surface area (Å²) in [5.41, 5.74) is -0.720. The van der Waals surface area contributed by atoms with E-state index in [0.29, 0.717) is 33.4 Å². The van der Waals surface area contributed by atoms with E-state index in [-0.39, 0.29) is 24.0 Å². The lowest BCUT2D eigenvalue weighted by Gasteiger charge is -2.14. The first-order valence-corrected chi connectivity index (χ1v) is 15.9. The Labute approximate surface area is 292 Å². The van der Waals surface area contributed by atoms with E-state index in [9.17, 15) is 0 Å². The fourth-order valence-electron chi connectivity index (χ4n) is 6.17. The van der Waals surface area contributed by atoms with Gasteiger partial charge in [0.05, 0.1) is 11.1 Å². The van der Waals surface area contributed by atoms with Crippen molar-refractivity contribution < 1.29 is 35.1 Å². The minimum absolute atomic E-state index is 0.115. The van der Waals surface area contributed by atoms with Crippen LogP contribution in [-0.2, 0) is 12.8 Å². The summed E-state index contributed by atoms with van der Waals surface area (Å²) >= 11 is 0. The summed E-state index contributed by atoms with van der Waals surface area (Å²) in [6, 6.07) is 24.2. The van der Waals surface area contributed by atoms with Gasteiger partial charge < -0.3 is 0 Å². The topological polar surface area (TPSA) is 25.8 Å². The molecule has 2 heterocycles. The second-order valence-electron chi connectivity index (χ2n) is 12.0. The van der Waals surface area contributed by atoms with Gasteiger partial charge >= 0.3 is 0 Å². The molecule has 0 aliphatic rings. The smallest absolute Gasteiger partial charge is 0.170 e. The minimum Gasteiger partial charge on any atom is -0.265 e. The molecule has 2 aromatic heterocycles. The quantitative estimate of drug-likeness (QED) is 0.116. The van der Waals surface area contributed by atoms with Gasteiger partial charge in [0, 0.05) is 48.8 Å². The Bertz CT molecular complexity index is 2220. The molecule has 0 saturated heterocycles. The van der Waals surface area contributed by atoms with Crippen LogP contribution in [-0.4, -0.2) is 9.97 Å². The van der Waals surface area contributed by atoms with Crippen LogP contribution < -0.4 is 0 Å². The minimum atomic E-state index is -1.54. The summed E-state index contributed by atoms with van der Waals surface area (Å²) in [5, 5.41) is 0. The van der Waals surface area contributed by atoms with Gasteiger partial charge in [-0.15, -0.1) is 0 Å². The lowest BCUT2D eigenvalue weighted by Crippen LogP contribution is -2.07. The van der Waals surface area contributed by atoms with Crippen LogP contribution in [0, 0.1) is 46.5 Å². The largest absolute Gasteiger partial charge is 0.265 e. The van der Waals surface area contributed by atoms with E-state index in [1.807, 2.05) is 0 Å². The van der Waals surface area contributed by atoms with E-state index < -0.39 is 68.8 Å². The number of hydrogen-bond donors (Lipinski definition) is 0. The van der Waals surface area contributed by atoms with Gasteiger partial charge in [0.15, 0.2) is 46.5 Å². The van der Waals surface area contributed by atoms with E-state index in [0.717, 1.165) is 0 Å². The highest BCUT2D eigenvalue weighted by atomic mass is 19.2. The summed E-state index contributed by atoms with van der Waals surface area (Å²) in [4.78, 5) is 7.66.